The van der Waals surface area contributed by atoms with Gasteiger partial charge in [0.1, 0.15) is 6.33 Å². The van der Waals surface area contributed by atoms with Crippen LogP contribution in [-0.4, -0.2) is 62.7 Å². The van der Waals surface area contributed by atoms with E-state index in [0.29, 0.717) is 0 Å². The van der Waals surface area contributed by atoms with Gasteiger partial charge < -0.3 is 10.0 Å². The van der Waals surface area contributed by atoms with Gasteiger partial charge >= 0.3 is 0 Å². The fourth-order valence-corrected chi connectivity index (χ4v) is 4.90. The standard InChI is InChI=1S/C14H17N5OS2/c1-17-4-6-18(7-5-17)11(10-3-2-8-21-10)12-13(20)19-14(22-12)15-9-16-19/h2-3,8-9,11,20H,4-7H2,1H3. The molecule has 3 aromatic rings. The Hall–Kier alpha value is -1.48. The number of nitrogens with zero attached hydrogens (tertiary/aromatic N) is 5. The van der Waals surface area contributed by atoms with Gasteiger partial charge in [-0.15, -0.1) is 11.3 Å². The first-order chi connectivity index (χ1) is 10.7. The molecule has 1 saturated heterocycles. The second-order valence-corrected chi connectivity index (χ2v) is 7.49. The summed E-state index contributed by atoms with van der Waals surface area (Å²) in [6.45, 7) is 4.07. The molecule has 1 aliphatic rings. The minimum absolute atomic E-state index is 0.0854. The van der Waals surface area contributed by atoms with Crippen LogP contribution in [0.4, 0.5) is 0 Å². The van der Waals surface area contributed by atoms with Gasteiger partial charge in [0.25, 0.3) is 0 Å². The average Bonchev–Trinajstić information content (AvgIpc) is 3.23. The SMILES string of the molecule is CN1CCN(C(c2cccs2)c2sc3ncnn3c2O)CC1. The van der Waals surface area contributed by atoms with Crippen LogP contribution in [0.25, 0.3) is 4.96 Å². The van der Waals surface area contributed by atoms with Gasteiger partial charge in [-0.3, -0.25) is 4.90 Å². The van der Waals surface area contributed by atoms with E-state index in [1.807, 2.05) is 0 Å². The Morgan fingerprint density at radius 2 is 2.09 bits per heavy atom. The molecule has 8 heteroatoms. The number of hydrogen-bond acceptors (Lipinski definition) is 7. The Morgan fingerprint density at radius 1 is 1.27 bits per heavy atom. The first kappa shape index (κ1) is 14.1. The quantitative estimate of drug-likeness (QED) is 0.792. The molecule has 0 bridgehead atoms. The lowest BCUT2D eigenvalue weighted by Crippen LogP contribution is -2.45. The topological polar surface area (TPSA) is 56.9 Å². The summed E-state index contributed by atoms with van der Waals surface area (Å²) in [6, 6.07) is 4.29. The summed E-state index contributed by atoms with van der Waals surface area (Å²) in [4.78, 5) is 11.9. The first-order valence-electron chi connectivity index (χ1n) is 7.21. The molecule has 6 nitrogen and oxygen atoms in total. The van der Waals surface area contributed by atoms with Gasteiger partial charge in [0.05, 0.1) is 10.9 Å². The normalized spacial score (nSPS) is 19.0. The van der Waals surface area contributed by atoms with E-state index in [9.17, 15) is 5.11 Å². The van der Waals surface area contributed by atoms with Crippen molar-refractivity contribution in [2.45, 2.75) is 6.04 Å². The number of thiophene rings is 1. The van der Waals surface area contributed by atoms with E-state index < -0.39 is 0 Å². The molecular formula is C14H17N5OS2. The van der Waals surface area contributed by atoms with E-state index >= 15 is 0 Å². The zero-order chi connectivity index (χ0) is 15.1. The van der Waals surface area contributed by atoms with Crippen LogP contribution < -0.4 is 0 Å². The van der Waals surface area contributed by atoms with Crippen LogP contribution in [0.1, 0.15) is 15.8 Å². The molecule has 116 valence electrons. The summed E-state index contributed by atoms with van der Waals surface area (Å²) in [5.41, 5.74) is 0. The van der Waals surface area contributed by atoms with Crippen LogP contribution in [0.5, 0.6) is 5.88 Å². The molecule has 1 aliphatic heterocycles. The minimum atomic E-state index is 0.0854. The summed E-state index contributed by atoms with van der Waals surface area (Å²) >= 11 is 3.25. The van der Waals surface area contributed by atoms with Crippen molar-refractivity contribution in [3.8, 4) is 5.88 Å². The molecular weight excluding hydrogens is 318 g/mol. The zero-order valence-corrected chi connectivity index (χ0v) is 13.8. The molecule has 0 aromatic carbocycles. The predicted octanol–water partition coefficient (Wildman–Crippen LogP) is 1.89. The summed E-state index contributed by atoms with van der Waals surface area (Å²) in [5.74, 6) is 0.217. The number of aromatic nitrogens is 3. The van der Waals surface area contributed by atoms with Crippen molar-refractivity contribution < 1.29 is 5.11 Å². The van der Waals surface area contributed by atoms with E-state index in [1.54, 1.807) is 11.3 Å². The van der Waals surface area contributed by atoms with Gasteiger partial charge in [-0.1, -0.05) is 17.4 Å². The number of hydrogen-bond donors (Lipinski definition) is 1. The van der Waals surface area contributed by atoms with Gasteiger partial charge in [0.2, 0.25) is 10.8 Å². The summed E-state index contributed by atoms with van der Waals surface area (Å²) < 4.78 is 1.52. The molecule has 0 amide bonds. The van der Waals surface area contributed by atoms with Gasteiger partial charge in [0.15, 0.2) is 0 Å². The molecule has 0 spiro atoms. The summed E-state index contributed by atoms with van der Waals surface area (Å²) in [7, 11) is 2.15. The highest BCUT2D eigenvalue weighted by Crippen LogP contribution is 2.41. The number of aromatic hydroxyl groups is 1. The van der Waals surface area contributed by atoms with Gasteiger partial charge in [-0.2, -0.15) is 9.61 Å². The molecule has 1 fully saturated rings. The zero-order valence-electron chi connectivity index (χ0n) is 12.2. The molecule has 1 unspecified atom stereocenters. The van der Waals surface area contributed by atoms with Gasteiger partial charge in [0, 0.05) is 31.1 Å². The minimum Gasteiger partial charge on any atom is -0.492 e. The molecule has 3 aromatic heterocycles. The van der Waals surface area contributed by atoms with Crippen molar-refractivity contribution in [3.63, 3.8) is 0 Å². The van der Waals surface area contributed by atoms with Crippen molar-refractivity contribution in [2.75, 3.05) is 33.2 Å². The number of piperazine rings is 1. The highest BCUT2D eigenvalue weighted by Gasteiger charge is 2.31. The Labute approximate surface area is 136 Å². The van der Waals surface area contributed by atoms with Crippen LogP contribution in [-0.2, 0) is 0 Å². The van der Waals surface area contributed by atoms with Crippen molar-refractivity contribution >= 4 is 27.6 Å². The maximum absolute atomic E-state index is 10.6. The average molecular weight is 335 g/mol. The molecule has 4 rings (SSSR count). The second kappa shape index (κ2) is 5.62. The van der Waals surface area contributed by atoms with Gasteiger partial charge in [-0.25, -0.2) is 4.98 Å². The van der Waals surface area contributed by atoms with E-state index in [4.69, 9.17) is 0 Å². The van der Waals surface area contributed by atoms with Crippen LogP contribution >= 0.6 is 22.7 Å². The van der Waals surface area contributed by atoms with E-state index in [2.05, 4.69) is 44.4 Å². The Morgan fingerprint density at radius 3 is 2.77 bits per heavy atom. The third-order valence-electron chi connectivity index (χ3n) is 4.10. The third-order valence-corrected chi connectivity index (χ3v) is 6.11. The van der Waals surface area contributed by atoms with E-state index in [-0.39, 0.29) is 11.9 Å². The summed E-state index contributed by atoms with van der Waals surface area (Å²) in [6.07, 6.45) is 1.48. The maximum Gasteiger partial charge on any atom is 0.230 e. The highest BCUT2D eigenvalue weighted by atomic mass is 32.1. The Balaban J connectivity index is 1.77. The third kappa shape index (κ3) is 2.32. The molecule has 1 N–H and O–H groups in total. The molecule has 0 aliphatic carbocycles. The number of rotatable bonds is 3. The first-order valence-corrected chi connectivity index (χ1v) is 8.91. The largest absolute Gasteiger partial charge is 0.492 e. The lowest BCUT2D eigenvalue weighted by Gasteiger charge is -2.37. The number of fused-ring (bicyclic) bond motifs is 1. The van der Waals surface area contributed by atoms with E-state index in [0.717, 1.165) is 36.0 Å². The van der Waals surface area contributed by atoms with E-state index in [1.165, 1.54) is 27.1 Å². The fraction of sp³-hybridized carbons (Fsp3) is 0.429. The van der Waals surface area contributed by atoms with Gasteiger partial charge in [-0.05, 0) is 18.5 Å². The lowest BCUT2D eigenvalue weighted by atomic mass is 10.1. The number of thiazole rings is 1. The van der Waals surface area contributed by atoms with Crippen molar-refractivity contribution in [2.24, 2.45) is 0 Å². The molecule has 22 heavy (non-hydrogen) atoms. The summed E-state index contributed by atoms with van der Waals surface area (Å²) in [5, 5.41) is 16.8. The monoisotopic (exact) mass is 335 g/mol. The van der Waals surface area contributed by atoms with Crippen LogP contribution in [0.15, 0.2) is 23.8 Å². The lowest BCUT2D eigenvalue weighted by molar-refractivity contribution is 0.128. The maximum atomic E-state index is 10.6. The Bertz CT molecular complexity index is 757. The predicted molar refractivity (Wildman–Crippen MR) is 87.8 cm³/mol. The molecule has 4 heterocycles. The molecule has 0 saturated carbocycles. The van der Waals surface area contributed by atoms with Crippen LogP contribution in [0.3, 0.4) is 0 Å². The van der Waals surface area contributed by atoms with Crippen molar-refractivity contribution in [1.82, 2.24) is 24.4 Å². The fourth-order valence-electron chi connectivity index (χ4n) is 2.87. The molecule has 1 atom stereocenters. The van der Waals surface area contributed by atoms with Crippen molar-refractivity contribution in [3.05, 3.63) is 33.6 Å². The molecule has 0 radical (unpaired) electrons. The van der Waals surface area contributed by atoms with Crippen molar-refractivity contribution in [1.29, 1.82) is 0 Å². The van der Waals surface area contributed by atoms with Crippen LogP contribution in [0, 0.1) is 0 Å². The smallest absolute Gasteiger partial charge is 0.230 e. The highest BCUT2D eigenvalue weighted by molar-refractivity contribution is 7.17. The number of likely N-dealkylation sites (N-methyl/N-ethyl adjacent to an activating group) is 1. The Kier molecular flexibility index (Phi) is 3.61. The second-order valence-electron chi connectivity index (χ2n) is 5.50. The van der Waals surface area contributed by atoms with Crippen LogP contribution in [0.2, 0.25) is 0 Å².